The first-order chi connectivity index (χ1) is 15.3. The summed E-state index contributed by atoms with van der Waals surface area (Å²) in [6.45, 7) is 3.26. The number of hydrogen-bond donors (Lipinski definition) is 1. The Kier molecular flexibility index (Phi) is 6.97. The predicted octanol–water partition coefficient (Wildman–Crippen LogP) is 6.91. The van der Waals surface area contributed by atoms with E-state index in [4.69, 9.17) is 4.74 Å². The molecule has 3 rings (SSSR count). The third kappa shape index (κ3) is 6.44. The van der Waals surface area contributed by atoms with Gasteiger partial charge in [-0.3, -0.25) is 0 Å². The molecule has 3 aromatic rings. The molecule has 0 aromatic heterocycles. The zero-order valence-electron chi connectivity index (χ0n) is 18.1. The molecule has 0 amide bonds. The van der Waals surface area contributed by atoms with E-state index >= 15 is 0 Å². The van der Waals surface area contributed by atoms with Gasteiger partial charge < -0.3 is 14.7 Å². The topological polar surface area (TPSA) is 32.7 Å². The van der Waals surface area contributed by atoms with Crippen LogP contribution in [0.2, 0.25) is 0 Å². The molecule has 0 radical (unpaired) electrons. The number of halogens is 5. The fourth-order valence-electron chi connectivity index (χ4n) is 3.32. The van der Waals surface area contributed by atoms with Crippen LogP contribution in [0.25, 0.3) is 0 Å². The molecule has 0 saturated carbocycles. The van der Waals surface area contributed by atoms with Gasteiger partial charge in [-0.1, -0.05) is 42.5 Å². The highest BCUT2D eigenvalue weighted by Crippen LogP contribution is 2.44. The highest BCUT2D eigenvalue weighted by molar-refractivity contribution is 5.52. The van der Waals surface area contributed by atoms with Crippen LogP contribution in [0.3, 0.4) is 0 Å². The number of para-hydroxylation sites is 1. The maximum Gasteiger partial charge on any atom is 0.458 e. The molecule has 0 spiro atoms. The Morgan fingerprint density at radius 2 is 1.42 bits per heavy atom. The summed E-state index contributed by atoms with van der Waals surface area (Å²) in [4.78, 5) is 1.70. The van der Waals surface area contributed by atoms with Crippen molar-refractivity contribution in [3.05, 3.63) is 90.0 Å². The molecule has 33 heavy (non-hydrogen) atoms. The summed E-state index contributed by atoms with van der Waals surface area (Å²) in [6, 6.07) is 20.2. The van der Waals surface area contributed by atoms with E-state index in [1.165, 1.54) is 12.1 Å². The van der Waals surface area contributed by atoms with Gasteiger partial charge in [0, 0.05) is 30.4 Å². The molecular weight excluding hydrogens is 441 g/mol. The Morgan fingerprint density at radius 3 is 2.06 bits per heavy atom. The van der Waals surface area contributed by atoms with Gasteiger partial charge in [0.2, 0.25) is 0 Å². The fraction of sp³-hybridized carbons (Fsp3) is 0.280. The van der Waals surface area contributed by atoms with Crippen LogP contribution >= 0.6 is 0 Å². The SMILES string of the molecule is CC(C)(O)CN(Cc1cccc(C(F)(F)C(F)(F)F)c1)c1cccc(Oc2ccccc2)c1. The Labute approximate surface area is 189 Å². The van der Waals surface area contributed by atoms with Gasteiger partial charge in [0.05, 0.1) is 5.60 Å². The van der Waals surface area contributed by atoms with Gasteiger partial charge in [0.15, 0.2) is 0 Å². The summed E-state index contributed by atoms with van der Waals surface area (Å²) < 4.78 is 72.0. The normalized spacial score (nSPS) is 12.5. The molecule has 0 aliphatic heterocycles. The third-order valence-corrected chi connectivity index (χ3v) is 4.76. The number of aliphatic hydroxyl groups is 1. The van der Waals surface area contributed by atoms with Gasteiger partial charge in [-0.05, 0) is 49.7 Å². The lowest BCUT2D eigenvalue weighted by molar-refractivity contribution is -0.289. The average molecular weight is 465 g/mol. The minimum atomic E-state index is -5.69. The summed E-state index contributed by atoms with van der Waals surface area (Å²) in [5.41, 5.74) is -1.44. The molecular formula is C25H24F5NO2. The van der Waals surface area contributed by atoms with E-state index in [0.29, 0.717) is 17.2 Å². The molecule has 0 saturated heterocycles. The van der Waals surface area contributed by atoms with Gasteiger partial charge in [0.1, 0.15) is 11.5 Å². The highest BCUT2D eigenvalue weighted by atomic mass is 19.4. The molecule has 0 fully saturated rings. The minimum absolute atomic E-state index is 0.000553. The quantitative estimate of drug-likeness (QED) is 0.367. The van der Waals surface area contributed by atoms with E-state index in [2.05, 4.69) is 0 Å². The van der Waals surface area contributed by atoms with Gasteiger partial charge >= 0.3 is 12.1 Å². The Balaban J connectivity index is 1.91. The van der Waals surface area contributed by atoms with Crippen LogP contribution in [-0.4, -0.2) is 23.4 Å². The van der Waals surface area contributed by atoms with Crippen molar-refractivity contribution in [2.45, 2.75) is 38.1 Å². The van der Waals surface area contributed by atoms with E-state index in [9.17, 15) is 27.1 Å². The molecule has 176 valence electrons. The highest BCUT2D eigenvalue weighted by Gasteiger charge is 2.58. The van der Waals surface area contributed by atoms with Crippen LogP contribution in [-0.2, 0) is 12.5 Å². The van der Waals surface area contributed by atoms with Crippen LogP contribution in [0.1, 0.15) is 25.0 Å². The number of anilines is 1. The van der Waals surface area contributed by atoms with Crippen molar-refractivity contribution in [3.63, 3.8) is 0 Å². The fourth-order valence-corrected chi connectivity index (χ4v) is 3.32. The standard InChI is InChI=1S/C25H24F5NO2/c1-23(2,32)17-31(16-18-8-6-9-19(14-18)24(26,27)25(28,29)30)20-10-7-13-22(15-20)33-21-11-4-3-5-12-21/h3-15,32H,16-17H2,1-2H3. The monoisotopic (exact) mass is 465 g/mol. The largest absolute Gasteiger partial charge is 0.458 e. The Bertz CT molecular complexity index is 1060. The molecule has 0 aliphatic rings. The summed E-state index contributed by atoms with van der Waals surface area (Å²) in [5.74, 6) is -3.84. The van der Waals surface area contributed by atoms with E-state index in [-0.39, 0.29) is 18.7 Å². The van der Waals surface area contributed by atoms with Crippen molar-refractivity contribution >= 4 is 5.69 Å². The molecule has 0 aliphatic carbocycles. The first-order valence-corrected chi connectivity index (χ1v) is 10.2. The second-order valence-electron chi connectivity index (χ2n) is 8.35. The maximum atomic E-state index is 13.8. The van der Waals surface area contributed by atoms with E-state index in [1.807, 2.05) is 18.2 Å². The smallest absolute Gasteiger partial charge is 0.457 e. The summed E-state index contributed by atoms with van der Waals surface area (Å²) in [5, 5.41) is 10.4. The first kappa shape index (κ1) is 24.5. The zero-order valence-corrected chi connectivity index (χ0v) is 18.1. The summed E-state index contributed by atoms with van der Waals surface area (Å²) >= 11 is 0. The second-order valence-corrected chi connectivity index (χ2v) is 8.35. The maximum absolute atomic E-state index is 13.8. The third-order valence-electron chi connectivity index (χ3n) is 4.76. The number of alkyl halides is 5. The summed E-state index contributed by atoms with van der Waals surface area (Å²) in [6.07, 6.45) is -5.69. The lowest BCUT2D eigenvalue weighted by Crippen LogP contribution is -2.38. The Hall–Kier alpha value is -3.13. The number of hydrogen-bond acceptors (Lipinski definition) is 3. The van der Waals surface area contributed by atoms with Crippen molar-refractivity contribution in [1.82, 2.24) is 0 Å². The lowest BCUT2D eigenvalue weighted by Gasteiger charge is -2.31. The van der Waals surface area contributed by atoms with Crippen molar-refractivity contribution in [1.29, 1.82) is 0 Å². The molecule has 0 atom stereocenters. The van der Waals surface area contributed by atoms with E-state index in [0.717, 1.165) is 12.1 Å². The van der Waals surface area contributed by atoms with Gasteiger partial charge in [-0.25, -0.2) is 0 Å². The van der Waals surface area contributed by atoms with Crippen LogP contribution in [0.4, 0.5) is 27.6 Å². The first-order valence-electron chi connectivity index (χ1n) is 10.2. The summed E-state index contributed by atoms with van der Waals surface area (Å²) in [7, 11) is 0. The number of ether oxygens (including phenoxy) is 1. The number of rotatable bonds is 8. The van der Waals surface area contributed by atoms with E-state index in [1.54, 1.807) is 55.1 Å². The molecule has 3 nitrogen and oxygen atoms in total. The second kappa shape index (κ2) is 9.39. The molecule has 0 bridgehead atoms. The van der Waals surface area contributed by atoms with Crippen LogP contribution in [0, 0.1) is 0 Å². The molecule has 3 aromatic carbocycles. The van der Waals surface area contributed by atoms with Crippen molar-refractivity contribution in [2.75, 3.05) is 11.4 Å². The number of nitrogens with zero attached hydrogens (tertiary/aromatic N) is 1. The molecule has 0 heterocycles. The van der Waals surface area contributed by atoms with Crippen LogP contribution in [0.15, 0.2) is 78.9 Å². The van der Waals surface area contributed by atoms with Crippen LogP contribution < -0.4 is 9.64 Å². The van der Waals surface area contributed by atoms with Crippen molar-refractivity contribution < 1.29 is 31.8 Å². The van der Waals surface area contributed by atoms with Gasteiger partial charge in [-0.2, -0.15) is 22.0 Å². The van der Waals surface area contributed by atoms with Crippen molar-refractivity contribution in [3.8, 4) is 11.5 Å². The Morgan fingerprint density at radius 1 is 0.788 bits per heavy atom. The minimum Gasteiger partial charge on any atom is -0.457 e. The molecule has 1 N–H and O–H groups in total. The molecule has 0 unspecified atom stereocenters. The van der Waals surface area contributed by atoms with E-state index < -0.39 is 23.3 Å². The number of benzene rings is 3. The van der Waals surface area contributed by atoms with Crippen LogP contribution in [0.5, 0.6) is 11.5 Å². The predicted molar refractivity (Wildman–Crippen MR) is 117 cm³/mol. The van der Waals surface area contributed by atoms with Crippen molar-refractivity contribution in [2.24, 2.45) is 0 Å². The average Bonchev–Trinajstić information content (AvgIpc) is 2.73. The van der Waals surface area contributed by atoms with Gasteiger partial charge in [0.25, 0.3) is 0 Å². The molecule has 8 heteroatoms. The zero-order chi connectivity index (χ0) is 24.3. The van der Waals surface area contributed by atoms with Gasteiger partial charge in [-0.15, -0.1) is 0 Å². The lowest BCUT2D eigenvalue weighted by atomic mass is 10.0.